The summed E-state index contributed by atoms with van der Waals surface area (Å²) in [6.45, 7) is 17.1. The average Bonchev–Trinajstić information content (AvgIpc) is 2.49. The molecule has 0 fully saturated rings. The van der Waals surface area contributed by atoms with Crippen LogP contribution in [-0.2, 0) is 17.3 Å². The van der Waals surface area contributed by atoms with E-state index in [0.717, 1.165) is 22.3 Å². The molecule has 0 N–H and O–H groups in total. The van der Waals surface area contributed by atoms with Crippen LogP contribution in [0.1, 0.15) is 74.9 Å². The molecule has 0 unspecified atom stereocenters. The lowest BCUT2D eigenvalue weighted by Crippen LogP contribution is -2.15. The van der Waals surface area contributed by atoms with Crippen LogP contribution in [0.3, 0.4) is 0 Å². The largest absolute Gasteiger partial charge is 0.505 e. The maximum Gasteiger partial charge on any atom is 0.505 e. The Hall–Kier alpha value is -1.60. The van der Waals surface area contributed by atoms with Crippen LogP contribution in [0, 0.1) is 13.8 Å². The molecule has 2 aromatic carbocycles. The molecular weight excluding hydrogens is 358 g/mol. The summed E-state index contributed by atoms with van der Waals surface area (Å²) in [6.07, 6.45) is 0.670. The van der Waals surface area contributed by atoms with Crippen LogP contribution in [0.5, 0.6) is 11.5 Å². The van der Waals surface area contributed by atoms with Gasteiger partial charge in [0.2, 0.25) is 0 Å². The summed E-state index contributed by atoms with van der Waals surface area (Å²) in [5, 5.41) is 0. The smallest absolute Gasteiger partial charge is 0.414 e. The van der Waals surface area contributed by atoms with Gasteiger partial charge in [0.15, 0.2) is 0 Å². The van der Waals surface area contributed by atoms with E-state index in [9.17, 15) is 4.20 Å². The van der Waals surface area contributed by atoms with E-state index < -0.39 is 8.69 Å². The summed E-state index contributed by atoms with van der Waals surface area (Å²) in [6, 6.07) is 8.53. The maximum absolute atomic E-state index is 14.6. The standard InChI is InChI=1S/C23H30FO2P/c1-14-9-18(22(3,4)5)12-16-11-17-13-19(23(6,7)8)10-15(2)21(17)26-27(24)25-20(14)16/h9-10,12-13H,11H2,1-8H3. The predicted molar refractivity (Wildman–Crippen MR) is 112 cm³/mol. The molecule has 0 saturated heterocycles. The average molecular weight is 388 g/mol. The molecule has 4 heteroatoms. The number of hydrogen-bond acceptors (Lipinski definition) is 2. The molecule has 1 heterocycles. The van der Waals surface area contributed by atoms with E-state index in [4.69, 9.17) is 9.05 Å². The van der Waals surface area contributed by atoms with Crippen LogP contribution in [-0.4, -0.2) is 0 Å². The number of aryl methyl sites for hydroxylation is 2. The van der Waals surface area contributed by atoms with Crippen molar-refractivity contribution in [2.75, 3.05) is 0 Å². The molecule has 0 aliphatic carbocycles. The molecule has 27 heavy (non-hydrogen) atoms. The second kappa shape index (κ2) is 6.78. The number of rotatable bonds is 0. The molecule has 0 radical (unpaired) electrons. The van der Waals surface area contributed by atoms with Gasteiger partial charge >= 0.3 is 8.69 Å². The minimum absolute atomic E-state index is 0.0190. The first kappa shape index (κ1) is 20.1. The highest BCUT2D eigenvalue weighted by Crippen LogP contribution is 2.49. The molecule has 2 nitrogen and oxygen atoms in total. The molecule has 0 atom stereocenters. The first-order chi connectivity index (χ1) is 12.4. The zero-order valence-electron chi connectivity index (χ0n) is 17.7. The van der Waals surface area contributed by atoms with Crippen molar-refractivity contribution in [1.29, 1.82) is 0 Å². The van der Waals surface area contributed by atoms with Gasteiger partial charge in [-0.05, 0) is 58.1 Å². The zero-order chi connectivity index (χ0) is 20.1. The van der Waals surface area contributed by atoms with E-state index in [0.29, 0.717) is 17.9 Å². The Morgan fingerprint density at radius 1 is 0.741 bits per heavy atom. The monoisotopic (exact) mass is 388 g/mol. The van der Waals surface area contributed by atoms with Gasteiger partial charge in [-0.1, -0.05) is 65.8 Å². The summed E-state index contributed by atoms with van der Waals surface area (Å²) in [4.78, 5) is 0. The van der Waals surface area contributed by atoms with Gasteiger partial charge in [-0.25, -0.2) is 0 Å². The van der Waals surface area contributed by atoms with Gasteiger partial charge < -0.3 is 9.05 Å². The van der Waals surface area contributed by atoms with E-state index in [1.165, 1.54) is 11.1 Å². The van der Waals surface area contributed by atoms with Crippen LogP contribution in [0.15, 0.2) is 24.3 Å². The van der Waals surface area contributed by atoms with Gasteiger partial charge in [0.05, 0.1) is 0 Å². The van der Waals surface area contributed by atoms with Crippen LogP contribution in [0.4, 0.5) is 4.20 Å². The highest BCUT2D eigenvalue weighted by Gasteiger charge is 2.28. The molecule has 2 aromatic rings. The summed E-state index contributed by atoms with van der Waals surface area (Å²) in [5.74, 6) is 1.25. The fourth-order valence-electron chi connectivity index (χ4n) is 3.45. The minimum atomic E-state index is -2.52. The SMILES string of the molecule is Cc1cc(C(C)(C)C)cc2c1OP(F)Oc1c(C)cc(C(C)(C)C)cc1C2. The van der Waals surface area contributed by atoms with Crippen LogP contribution >= 0.6 is 8.69 Å². The quantitative estimate of drug-likeness (QED) is 0.436. The van der Waals surface area contributed by atoms with Gasteiger partial charge in [0, 0.05) is 6.42 Å². The lowest BCUT2D eigenvalue weighted by molar-refractivity contribution is 0.425. The van der Waals surface area contributed by atoms with Gasteiger partial charge in [0.25, 0.3) is 0 Å². The van der Waals surface area contributed by atoms with Crippen molar-refractivity contribution in [3.63, 3.8) is 0 Å². The third-order valence-corrected chi connectivity index (χ3v) is 5.79. The molecule has 1 aliphatic heterocycles. The fourth-order valence-corrected chi connectivity index (χ4v) is 4.30. The second-order valence-corrected chi connectivity index (χ2v) is 10.4. The van der Waals surface area contributed by atoms with Crippen molar-refractivity contribution >= 4 is 8.69 Å². The van der Waals surface area contributed by atoms with Crippen molar-refractivity contribution in [1.82, 2.24) is 0 Å². The third-order valence-electron chi connectivity index (χ3n) is 5.14. The van der Waals surface area contributed by atoms with E-state index >= 15 is 0 Å². The highest BCUT2D eigenvalue weighted by molar-refractivity contribution is 7.42. The summed E-state index contributed by atoms with van der Waals surface area (Å²) >= 11 is 0. The van der Waals surface area contributed by atoms with Gasteiger partial charge in [-0.2, -0.15) is 0 Å². The normalized spacial score (nSPS) is 15.1. The molecule has 0 amide bonds. The Labute approximate surface area is 164 Å². The molecule has 0 saturated carbocycles. The van der Waals surface area contributed by atoms with E-state index in [1.807, 2.05) is 13.8 Å². The minimum Gasteiger partial charge on any atom is -0.414 e. The summed E-state index contributed by atoms with van der Waals surface area (Å²) < 4.78 is 25.9. The first-order valence-corrected chi connectivity index (χ1v) is 10.5. The zero-order valence-corrected chi connectivity index (χ0v) is 18.6. The Morgan fingerprint density at radius 3 is 1.44 bits per heavy atom. The lowest BCUT2D eigenvalue weighted by atomic mass is 9.82. The molecule has 1 aliphatic rings. The molecular formula is C23H30FO2P. The van der Waals surface area contributed by atoms with Gasteiger partial charge in [-0.3, -0.25) is 0 Å². The second-order valence-electron chi connectivity index (χ2n) is 9.63. The molecule has 0 spiro atoms. The molecule has 0 bridgehead atoms. The number of hydrogen-bond donors (Lipinski definition) is 0. The van der Waals surface area contributed by atoms with Crippen molar-refractivity contribution < 1.29 is 13.2 Å². The van der Waals surface area contributed by atoms with E-state index in [-0.39, 0.29) is 10.8 Å². The Balaban J connectivity index is 2.21. The molecule has 146 valence electrons. The van der Waals surface area contributed by atoms with E-state index in [2.05, 4.69) is 65.8 Å². The van der Waals surface area contributed by atoms with Gasteiger partial charge in [0.1, 0.15) is 11.5 Å². The summed E-state index contributed by atoms with van der Waals surface area (Å²) in [7, 11) is -2.52. The number of fused-ring (bicyclic) bond motifs is 2. The topological polar surface area (TPSA) is 18.5 Å². The predicted octanol–water partition coefficient (Wildman–Crippen LogP) is 7.46. The van der Waals surface area contributed by atoms with Crippen molar-refractivity contribution in [3.05, 3.63) is 57.6 Å². The van der Waals surface area contributed by atoms with Crippen LogP contribution < -0.4 is 9.05 Å². The van der Waals surface area contributed by atoms with E-state index in [1.54, 1.807) is 0 Å². The first-order valence-electron chi connectivity index (χ1n) is 9.46. The van der Waals surface area contributed by atoms with Crippen LogP contribution in [0.25, 0.3) is 0 Å². The third kappa shape index (κ3) is 4.14. The van der Waals surface area contributed by atoms with Crippen molar-refractivity contribution in [2.24, 2.45) is 0 Å². The maximum atomic E-state index is 14.6. The highest BCUT2D eigenvalue weighted by atomic mass is 31.2. The number of benzene rings is 2. The van der Waals surface area contributed by atoms with Crippen molar-refractivity contribution in [3.8, 4) is 11.5 Å². The number of halogens is 1. The summed E-state index contributed by atoms with van der Waals surface area (Å²) in [5.41, 5.74) is 6.47. The van der Waals surface area contributed by atoms with Gasteiger partial charge in [-0.15, -0.1) is 4.20 Å². The molecule has 3 rings (SSSR count). The Morgan fingerprint density at radius 2 is 1.11 bits per heavy atom. The molecule has 0 aromatic heterocycles. The Bertz CT molecular complexity index is 804. The Kier molecular flexibility index (Phi) is 5.06. The van der Waals surface area contributed by atoms with Crippen LogP contribution in [0.2, 0.25) is 0 Å². The fraction of sp³-hybridized carbons (Fsp3) is 0.478. The lowest BCUT2D eigenvalue weighted by Gasteiger charge is -2.28. The van der Waals surface area contributed by atoms with Crippen molar-refractivity contribution in [2.45, 2.75) is 72.6 Å².